The van der Waals surface area contributed by atoms with E-state index in [4.69, 9.17) is 0 Å². The molecule has 7 nitrogen and oxygen atoms in total. The summed E-state index contributed by atoms with van der Waals surface area (Å²) in [5, 5.41) is 20.5. The van der Waals surface area contributed by atoms with Crippen LogP contribution < -0.4 is 0 Å². The van der Waals surface area contributed by atoms with Gasteiger partial charge in [0.1, 0.15) is 17.2 Å². The van der Waals surface area contributed by atoms with Crippen LogP contribution in [0.3, 0.4) is 0 Å². The molecule has 0 radical (unpaired) electrons. The van der Waals surface area contributed by atoms with Gasteiger partial charge in [0.25, 0.3) is 0 Å². The number of Topliss-reactive ketones (excluding diaryl/α,β-unsaturated/α-hetero) is 2. The lowest BCUT2D eigenvalue weighted by Crippen LogP contribution is -2.26. The van der Waals surface area contributed by atoms with E-state index >= 15 is 0 Å². The second-order valence-corrected chi connectivity index (χ2v) is 9.47. The van der Waals surface area contributed by atoms with Crippen molar-refractivity contribution >= 4 is 35.5 Å². The number of nitrogens with zero attached hydrogens (tertiary/aromatic N) is 3. The molecule has 158 valence electrons. The molecule has 0 saturated carbocycles. The highest BCUT2D eigenvalue weighted by Gasteiger charge is 2.33. The number of rotatable bonds is 4. The number of hydrogen-bond donors (Lipinski definition) is 2. The molecule has 0 atom stereocenters. The molecule has 1 heterocycles. The van der Waals surface area contributed by atoms with Gasteiger partial charge in [0.05, 0.1) is 11.1 Å². The summed E-state index contributed by atoms with van der Waals surface area (Å²) in [5.74, 6) is -0.0350. The number of aromatic nitrogens is 1. The Balaban J connectivity index is 1.87. The molecule has 0 aliphatic heterocycles. The van der Waals surface area contributed by atoms with Crippen molar-refractivity contribution in [1.82, 2.24) is 4.98 Å². The summed E-state index contributed by atoms with van der Waals surface area (Å²) in [6.07, 6.45) is 5.67. The predicted octanol–water partition coefficient (Wildman–Crippen LogP) is 4.89. The van der Waals surface area contributed by atoms with Gasteiger partial charge >= 0.3 is 0 Å². The zero-order valence-electron chi connectivity index (χ0n) is 17.8. The third-order valence-corrected chi connectivity index (χ3v) is 5.21. The zero-order valence-corrected chi connectivity index (χ0v) is 17.8. The van der Waals surface area contributed by atoms with Crippen molar-refractivity contribution in [3.05, 3.63) is 41.0 Å². The Morgan fingerprint density at radius 1 is 0.867 bits per heavy atom. The van der Waals surface area contributed by atoms with E-state index in [2.05, 4.69) is 15.0 Å². The lowest BCUT2D eigenvalue weighted by molar-refractivity contribution is -0.118. The van der Waals surface area contributed by atoms with Crippen LogP contribution in [0, 0.1) is 10.8 Å². The molecule has 0 unspecified atom stereocenters. The molecule has 7 heteroatoms. The molecule has 2 aliphatic rings. The summed E-state index contributed by atoms with van der Waals surface area (Å²) < 4.78 is 0. The Morgan fingerprint density at radius 3 is 1.87 bits per heavy atom. The Labute approximate surface area is 176 Å². The van der Waals surface area contributed by atoms with Crippen molar-refractivity contribution in [3.8, 4) is 0 Å². The molecule has 0 aromatic carbocycles. The van der Waals surface area contributed by atoms with Gasteiger partial charge in [-0.1, -0.05) is 27.7 Å². The summed E-state index contributed by atoms with van der Waals surface area (Å²) in [6.45, 7) is 7.72. The molecular weight excluding hydrogens is 382 g/mol. The predicted molar refractivity (Wildman–Crippen MR) is 116 cm³/mol. The fourth-order valence-electron chi connectivity index (χ4n) is 3.75. The van der Waals surface area contributed by atoms with Crippen LogP contribution in [0.1, 0.15) is 53.4 Å². The zero-order chi connectivity index (χ0) is 22.1. The average Bonchev–Trinajstić information content (AvgIpc) is 2.59. The molecular formula is C23H27N3O4. The van der Waals surface area contributed by atoms with E-state index in [-0.39, 0.29) is 50.9 Å². The first-order chi connectivity index (χ1) is 14.0. The van der Waals surface area contributed by atoms with Crippen LogP contribution in [0.25, 0.3) is 0 Å². The fourth-order valence-corrected chi connectivity index (χ4v) is 3.75. The summed E-state index contributed by atoms with van der Waals surface area (Å²) in [4.78, 5) is 37.4. The normalized spacial score (nSPS) is 21.9. The smallest absolute Gasteiger partial charge is 0.178 e. The van der Waals surface area contributed by atoms with E-state index in [0.717, 1.165) is 0 Å². The van der Waals surface area contributed by atoms with Crippen LogP contribution in [0.4, 0.5) is 11.5 Å². The third-order valence-electron chi connectivity index (χ3n) is 5.21. The van der Waals surface area contributed by atoms with Crippen molar-refractivity contribution in [2.75, 3.05) is 0 Å². The van der Waals surface area contributed by atoms with Gasteiger partial charge in [0, 0.05) is 44.3 Å². The minimum Gasteiger partial charge on any atom is -0.511 e. The topological polar surface area (TPSA) is 112 Å². The number of ketones is 2. The van der Waals surface area contributed by atoms with Gasteiger partial charge in [-0.05, 0) is 23.0 Å². The Kier molecular flexibility index (Phi) is 5.74. The number of aliphatic hydroxyl groups is 2. The number of carbonyl (C=O) groups excluding carboxylic acids is 2. The minimum atomic E-state index is -0.282. The molecule has 0 saturated heterocycles. The van der Waals surface area contributed by atoms with Crippen LogP contribution in [0.15, 0.2) is 51.0 Å². The van der Waals surface area contributed by atoms with Gasteiger partial charge in [-0.2, -0.15) is 0 Å². The van der Waals surface area contributed by atoms with E-state index in [9.17, 15) is 19.8 Å². The average molecular weight is 409 g/mol. The first-order valence-corrected chi connectivity index (χ1v) is 9.91. The summed E-state index contributed by atoms with van der Waals surface area (Å²) in [7, 11) is 0. The maximum Gasteiger partial charge on any atom is 0.178 e. The molecule has 0 amide bonds. The van der Waals surface area contributed by atoms with Gasteiger partial charge < -0.3 is 10.2 Å². The second kappa shape index (κ2) is 7.97. The Bertz CT molecular complexity index is 932. The van der Waals surface area contributed by atoms with E-state index in [1.54, 1.807) is 12.1 Å². The number of carbonyl (C=O) groups is 2. The highest BCUT2D eigenvalue weighted by molar-refractivity contribution is 6.16. The molecule has 1 aromatic rings. The first-order valence-electron chi connectivity index (χ1n) is 9.91. The SMILES string of the molecule is CC1(C)CC(=O)C(C=Nc2cccnc2/N=C/C2=C(O)CC(C)(C)CC2=O)=C(O)C1. The highest BCUT2D eigenvalue weighted by atomic mass is 16.3. The van der Waals surface area contributed by atoms with E-state index in [1.807, 2.05) is 27.7 Å². The lowest BCUT2D eigenvalue weighted by atomic mass is 9.77. The molecule has 0 spiro atoms. The van der Waals surface area contributed by atoms with Crippen molar-refractivity contribution in [2.24, 2.45) is 20.8 Å². The van der Waals surface area contributed by atoms with Crippen LogP contribution in [0.5, 0.6) is 0 Å². The van der Waals surface area contributed by atoms with Crippen molar-refractivity contribution in [1.29, 1.82) is 0 Å². The Morgan fingerprint density at radius 2 is 1.37 bits per heavy atom. The molecule has 30 heavy (non-hydrogen) atoms. The standard InChI is InChI=1S/C23H27N3O4/c1-22(2)8-17(27)14(18(28)9-22)12-25-16-6-5-7-24-21(16)26-13-15-19(29)10-23(3,4)11-20(15)30/h5-7,12-13,27,29H,8-11H2,1-4H3/b25-12?,26-13+. The number of allylic oxidation sites excluding steroid dienone is 4. The van der Waals surface area contributed by atoms with E-state index < -0.39 is 0 Å². The van der Waals surface area contributed by atoms with Gasteiger partial charge in [-0.25, -0.2) is 9.98 Å². The van der Waals surface area contributed by atoms with Gasteiger partial charge in [-0.15, -0.1) is 0 Å². The molecule has 2 N–H and O–H groups in total. The van der Waals surface area contributed by atoms with Crippen molar-refractivity contribution in [3.63, 3.8) is 0 Å². The quantitative estimate of drug-likeness (QED) is 0.688. The van der Waals surface area contributed by atoms with Crippen molar-refractivity contribution in [2.45, 2.75) is 53.4 Å². The summed E-state index contributed by atoms with van der Waals surface area (Å²) >= 11 is 0. The molecule has 0 bridgehead atoms. The second-order valence-electron chi connectivity index (χ2n) is 9.47. The van der Waals surface area contributed by atoms with Gasteiger partial charge in [0.2, 0.25) is 0 Å². The summed E-state index contributed by atoms with van der Waals surface area (Å²) in [5.41, 5.74) is 0.197. The maximum absolute atomic E-state index is 12.4. The van der Waals surface area contributed by atoms with Gasteiger partial charge in [0.15, 0.2) is 17.4 Å². The molecule has 2 aliphatic carbocycles. The number of aliphatic hydroxyl groups excluding tert-OH is 2. The highest BCUT2D eigenvalue weighted by Crippen LogP contribution is 2.37. The van der Waals surface area contributed by atoms with Crippen molar-refractivity contribution < 1.29 is 19.8 Å². The van der Waals surface area contributed by atoms with Crippen LogP contribution in [-0.4, -0.2) is 39.2 Å². The van der Waals surface area contributed by atoms with Crippen LogP contribution >= 0.6 is 0 Å². The molecule has 3 rings (SSSR count). The van der Waals surface area contributed by atoms with Gasteiger partial charge in [-0.3, -0.25) is 14.6 Å². The largest absolute Gasteiger partial charge is 0.511 e. The molecule has 0 fully saturated rings. The number of pyridine rings is 1. The van der Waals surface area contributed by atoms with Crippen LogP contribution in [0.2, 0.25) is 0 Å². The van der Waals surface area contributed by atoms with Crippen LogP contribution in [-0.2, 0) is 9.59 Å². The third kappa shape index (κ3) is 4.90. The van der Waals surface area contributed by atoms with E-state index in [1.165, 1.54) is 18.6 Å². The lowest BCUT2D eigenvalue weighted by Gasteiger charge is -2.28. The number of aliphatic imine (C=N–C) groups is 2. The minimum absolute atomic E-state index is 0.0199. The maximum atomic E-state index is 12.4. The van der Waals surface area contributed by atoms with E-state index in [0.29, 0.717) is 31.4 Å². The monoisotopic (exact) mass is 409 g/mol. The number of hydrogen-bond acceptors (Lipinski definition) is 7. The Hall–Kier alpha value is -3.09. The fraction of sp³-hybridized carbons (Fsp3) is 0.435. The molecule has 1 aromatic heterocycles. The first kappa shape index (κ1) is 21.6. The summed E-state index contributed by atoms with van der Waals surface area (Å²) in [6, 6.07) is 3.35.